The van der Waals surface area contributed by atoms with Crippen molar-refractivity contribution in [3.05, 3.63) is 52.3 Å². The molecule has 2 heterocycles. The summed E-state index contributed by atoms with van der Waals surface area (Å²) in [4.78, 5) is 0. The van der Waals surface area contributed by atoms with Crippen LogP contribution in [0.3, 0.4) is 0 Å². The molecule has 0 bridgehead atoms. The number of ether oxygens (including phenoxy) is 3. The molecule has 202 valence electrons. The van der Waals surface area contributed by atoms with E-state index in [9.17, 15) is 4.39 Å². The lowest BCUT2D eigenvalue weighted by molar-refractivity contribution is -0.00598. The van der Waals surface area contributed by atoms with Crippen LogP contribution in [0.2, 0.25) is 0 Å². The molecule has 0 N–H and O–H groups in total. The van der Waals surface area contributed by atoms with Gasteiger partial charge in [-0.05, 0) is 62.1 Å². The minimum Gasteiger partial charge on any atom is -0.491 e. The third-order valence-electron chi connectivity index (χ3n) is 8.67. The molecular weight excluding hydrogens is 477 g/mol. The molecular formula is C31H39F3O3. The summed E-state index contributed by atoms with van der Waals surface area (Å²) in [6, 6.07) is 4.96. The number of hydrogen-bond donors (Lipinski definition) is 0. The zero-order valence-electron chi connectivity index (χ0n) is 22.1. The highest BCUT2D eigenvalue weighted by Gasteiger charge is 2.33. The Hall–Kier alpha value is -2.21. The van der Waals surface area contributed by atoms with E-state index in [1.54, 1.807) is 25.1 Å². The molecule has 2 unspecified atom stereocenters. The van der Waals surface area contributed by atoms with Gasteiger partial charge < -0.3 is 14.2 Å². The highest BCUT2D eigenvalue weighted by Crippen LogP contribution is 2.45. The zero-order valence-corrected chi connectivity index (χ0v) is 22.1. The van der Waals surface area contributed by atoms with E-state index in [-0.39, 0.29) is 35.7 Å². The van der Waals surface area contributed by atoms with E-state index >= 15 is 8.78 Å². The van der Waals surface area contributed by atoms with Gasteiger partial charge in [-0.15, -0.1) is 0 Å². The minimum absolute atomic E-state index is 0.0419. The highest BCUT2D eigenvalue weighted by molar-refractivity contribution is 5.55. The van der Waals surface area contributed by atoms with Crippen molar-refractivity contribution in [2.45, 2.75) is 96.5 Å². The Kier molecular flexibility index (Phi) is 8.33. The quantitative estimate of drug-likeness (QED) is 0.299. The highest BCUT2D eigenvalue weighted by atomic mass is 19.2. The van der Waals surface area contributed by atoms with E-state index in [1.807, 2.05) is 0 Å². The number of hydrogen-bond acceptors (Lipinski definition) is 3. The molecule has 2 fully saturated rings. The van der Waals surface area contributed by atoms with E-state index in [1.165, 1.54) is 44.9 Å². The van der Waals surface area contributed by atoms with Gasteiger partial charge in [0.15, 0.2) is 23.1 Å². The Balaban J connectivity index is 1.20. The SMILES string of the molecule is CCCC1CCC(CCC2CCC(c3cc4c(c(F)c3F)Oc3c(ccc(OCC)c3F)C4)CO2)CC1. The Morgan fingerprint density at radius 1 is 0.811 bits per heavy atom. The molecule has 1 aliphatic carbocycles. The van der Waals surface area contributed by atoms with E-state index in [0.29, 0.717) is 29.9 Å². The lowest BCUT2D eigenvalue weighted by Gasteiger charge is -2.33. The molecule has 2 aromatic rings. The van der Waals surface area contributed by atoms with E-state index < -0.39 is 17.5 Å². The largest absolute Gasteiger partial charge is 0.491 e. The van der Waals surface area contributed by atoms with Gasteiger partial charge in [-0.1, -0.05) is 51.5 Å². The Morgan fingerprint density at radius 2 is 1.54 bits per heavy atom. The van der Waals surface area contributed by atoms with Gasteiger partial charge in [-0.25, -0.2) is 4.39 Å². The first kappa shape index (κ1) is 26.4. The van der Waals surface area contributed by atoms with Gasteiger partial charge in [-0.2, -0.15) is 8.78 Å². The first-order valence-electron chi connectivity index (χ1n) is 14.2. The van der Waals surface area contributed by atoms with Crippen molar-refractivity contribution in [3.8, 4) is 17.2 Å². The molecule has 2 aliphatic heterocycles. The predicted molar refractivity (Wildman–Crippen MR) is 138 cm³/mol. The van der Waals surface area contributed by atoms with Crippen LogP contribution in [0.5, 0.6) is 17.2 Å². The average Bonchev–Trinajstić information content (AvgIpc) is 2.92. The molecule has 2 aromatic carbocycles. The molecule has 1 saturated carbocycles. The van der Waals surface area contributed by atoms with Crippen LogP contribution >= 0.6 is 0 Å². The van der Waals surface area contributed by atoms with Crippen LogP contribution in [0.1, 0.15) is 101 Å². The number of rotatable bonds is 8. The molecule has 1 saturated heterocycles. The van der Waals surface area contributed by atoms with Gasteiger partial charge in [0.2, 0.25) is 11.6 Å². The summed E-state index contributed by atoms with van der Waals surface area (Å²) < 4.78 is 62.2. The fourth-order valence-electron chi connectivity index (χ4n) is 6.54. The Labute approximate surface area is 218 Å². The second-order valence-corrected chi connectivity index (χ2v) is 11.1. The van der Waals surface area contributed by atoms with Gasteiger partial charge in [0.05, 0.1) is 19.3 Å². The third-order valence-corrected chi connectivity index (χ3v) is 8.67. The van der Waals surface area contributed by atoms with Crippen molar-refractivity contribution < 1.29 is 27.4 Å². The zero-order chi connectivity index (χ0) is 25.9. The van der Waals surface area contributed by atoms with E-state index in [4.69, 9.17) is 14.2 Å². The Morgan fingerprint density at radius 3 is 2.22 bits per heavy atom. The van der Waals surface area contributed by atoms with E-state index in [2.05, 4.69) is 6.92 Å². The lowest BCUT2D eigenvalue weighted by Crippen LogP contribution is -2.27. The molecule has 37 heavy (non-hydrogen) atoms. The summed E-state index contributed by atoms with van der Waals surface area (Å²) in [6.07, 6.45) is 12.4. The maximum Gasteiger partial charge on any atom is 0.207 e. The summed E-state index contributed by atoms with van der Waals surface area (Å²) >= 11 is 0. The summed E-state index contributed by atoms with van der Waals surface area (Å²) in [5, 5.41) is 0. The summed E-state index contributed by atoms with van der Waals surface area (Å²) in [5.41, 5.74) is 1.46. The van der Waals surface area contributed by atoms with Crippen LogP contribution in [-0.4, -0.2) is 19.3 Å². The van der Waals surface area contributed by atoms with Crippen LogP contribution < -0.4 is 9.47 Å². The normalized spacial score (nSPS) is 25.2. The van der Waals surface area contributed by atoms with Crippen LogP contribution in [0.15, 0.2) is 18.2 Å². The fourth-order valence-corrected chi connectivity index (χ4v) is 6.54. The van der Waals surface area contributed by atoms with Crippen LogP contribution in [0.4, 0.5) is 13.2 Å². The van der Waals surface area contributed by atoms with Crippen molar-refractivity contribution in [1.29, 1.82) is 0 Å². The monoisotopic (exact) mass is 516 g/mol. The number of halogens is 3. The van der Waals surface area contributed by atoms with Gasteiger partial charge in [0, 0.05) is 23.5 Å². The second kappa shape index (κ2) is 11.7. The van der Waals surface area contributed by atoms with Gasteiger partial charge in [-0.3, -0.25) is 0 Å². The second-order valence-electron chi connectivity index (χ2n) is 11.1. The lowest BCUT2D eigenvalue weighted by atomic mass is 9.78. The molecule has 5 rings (SSSR count). The number of fused-ring (bicyclic) bond motifs is 2. The van der Waals surface area contributed by atoms with Crippen LogP contribution in [0, 0.1) is 29.3 Å². The maximum atomic E-state index is 15.2. The molecule has 2 atom stereocenters. The summed E-state index contributed by atoms with van der Waals surface area (Å²) in [6.45, 7) is 4.72. The third kappa shape index (κ3) is 5.64. The predicted octanol–water partition coefficient (Wildman–Crippen LogP) is 8.85. The molecule has 3 nitrogen and oxygen atoms in total. The average molecular weight is 517 g/mol. The molecule has 0 aromatic heterocycles. The minimum atomic E-state index is -1.06. The van der Waals surface area contributed by atoms with E-state index in [0.717, 1.165) is 31.1 Å². The van der Waals surface area contributed by atoms with Gasteiger partial charge >= 0.3 is 0 Å². The summed E-state index contributed by atoms with van der Waals surface area (Å²) in [5.74, 6) is -1.41. The maximum absolute atomic E-state index is 15.2. The summed E-state index contributed by atoms with van der Waals surface area (Å²) in [7, 11) is 0. The molecule has 3 aliphatic rings. The van der Waals surface area contributed by atoms with Crippen LogP contribution in [0.25, 0.3) is 0 Å². The first-order valence-corrected chi connectivity index (χ1v) is 14.2. The van der Waals surface area contributed by atoms with Crippen LogP contribution in [-0.2, 0) is 11.2 Å². The van der Waals surface area contributed by atoms with Crippen molar-refractivity contribution >= 4 is 0 Å². The standard InChI is InChI=1S/C31H39F3O3/c1-3-5-19-6-8-20(9-7-19)10-13-24-14-11-22(18-36-24)25-17-23-16-21-12-15-26(35-4-2)28(33)30(21)37-31(23)29(34)27(25)32/h12,15,17,19-20,22,24H,3-11,13-14,16,18H2,1-2H3. The van der Waals surface area contributed by atoms with Crippen molar-refractivity contribution in [2.24, 2.45) is 11.8 Å². The first-order chi connectivity index (χ1) is 18.0. The van der Waals surface area contributed by atoms with Gasteiger partial charge in [0.1, 0.15) is 0 Å². The molecule has 0 radical (unpaired) electrons. The number of benzene rings is 2. The Bertz CT molecular complexity index is 1090. The van der Waals surface area contributed by atoms with Gasteiger partial charge in [0.25, 0.3) is 0 Å². The van der Waals surface area contributed by atoms with Crippen molar-refractivity contribution in [2.75, 3.05) is 13.2 Å². The molecule has 0 amide bonds. The van der Waals surface area contributed by atoms with Crippen molar-refractivity contribution in [3.63, 3.8) is 0 Å². The molecule has 6 heteroatoms. The topological polar surface area (TPSA) is 27.7 Å². The fraction of sp³-hybridized carbons (Fsp3) is 0.613. The molecule has 0 spiro atoms. The van der Waals surface area contributed by atoms with Crippen molar-refractivity contribution in [1.82, 2.24) is 0 Å². The smallest absolute Gasteiger partial charge is 0.207 e.